The predicted molar refractivity (Wildman–Crippen MR) is 71.4 cm³/mol. The molecule has 17 heavy (non-hydrogen) atoms. The van der Waals surface area contributed by atoms with Crippen LogP contribution in [0.3, 0.4) is 0 Å². The molecule has 0 radical (unpaired) electrons. The molecule has 5 heteroatoms. The summed E-state index contributed by atoms with van der Waals surface area (Å²) in [5.74, 6) is 0. The minimum Gasteiger partial charge on any atom is -0.378 e. The summed E-state index contributed by atoms with van der Waals surface area (Å²) in [7, 11) is 1.73. The Bertz CT molecular complexity index is 338. The van der Waals surface area contributed by atoms with Gasteiger partial charge in [-0.1, -0.05) is 25.2 Å². The lowest BCUT2D eigenvalue weighted by atomic mass is 10.1. The van der Waals surface area contributed by atoms with Gasteiger partial charge in [-0.05, 0) is 26.8 Å². The molecule has 1 aromatic heterocycles. The maximum Gasteiger partial charge on any atom is 0.134 e. The summed E-state index contributed by atoms with van der Waals surface area (Å²) in [5.41, 5.74) is -0.170. The van der Waals surface area contributed by atoms with Gasteiger partial charge >= 0.3 is 0 Å². The van der Waals surface area contributed by atoms with Gasteiger partial charge in [0.1, 0.15) is 10.0 Å². The zero-order chi connectivity index (χ0) is 12.9. The molecule has 0 fully saturated rings. The standard InChI is InChI=1S/C12H23N3OS/c1-6-9(13-7-2)11-15-14-10(17-11)8-12(3,4)16-5/h9,13H,6-8H2,1-5H3. The molecular weight excluding hydrogens is 234 g/mol. The van der Waals surface area contributed by atoms with Crippen LogP contribution in [0.4, 0.5) is 0 Å². The number of rotatable bonds is 7. The fourth-order valence-corrected chi connectivity index (χ4v) is 2.78. The van der Waals surface area contributed by atoms with Crippen LogP contribution in [0.2, 0.25) is 0 Å². The summed E-state index contributed by atoms with van der Waals surface area (Å²) >= 11 is 1.68. The van der Waals surface area contributed by atoms with Gasteiger partial charge in [0.25, 0.3) is 0 Å². The van der Waals surface area contributed by atoms with Crippen molar-refractivity contribution >= 4 is 11.3 Å². The molecule has 1 atom stereocenters. The summed E-state index contributed by atoms with van der Waals surface area (Å²) in [5, 5.41) is 14.1. The van der Waals surface area contributed by atoms with Crippen LogP contribution in [0.25, 0.3) is 0 Å². The summed E-state index contributed by atoms with van der Waals surface area (Å²) in [6, 6.07) is 0.330. The molecule has 0 aliphatic rings. The second kappa shape index (κ2) is 6.42. The first-order chi connectivity index (χ1) is 8.02. The van der Waals surface area contributed by atoms with Gasteiger partial charge in [0.15, 0.2) is 0 Å². The van der Waals surface area contributed by atoms with Gasteiger partial charge in [0.05, 0.1) is 11.6 Å². The van der Waals surface area contributed by atoms with Crippen molar-refractivity contribution in [3.05, 3.63) is 10.0 Å². The monoisotopic (exact) mass is 257 g/mol. The van der Waals surface area contributed by atoms with Crippen LogP contribution < -0.4 is 5.32 Å². The van der Waals surface area contributed by atoms with Gasteiger partial charge in [-0.25, -0.2) is 0 Å². The summed E-state index contributed by atoms with van der Waals surface area (Å²) in [4.78, 5) is 0. The molecule has 1 heterocycles. The Kier molecular flexibility index (Phi) is 5.49. The highest BCUT2D eigenvalue weighted by atomic mass is 32.1. The topological polar surface area (TPSA) is 47.0 Å². The number of methoxy groups -OCH3 is 1. The van der Waals surface area contributed by atoms with Crippen molar-refractivity contribution in [2.75, 3.05) is 13.7 Å². The van der Waals surface area contributed by atoms with E-state index in [1.807, 2.05) is 0 Å². The molecule has 0 amide bonds. The fourth-order valence-electron chi connectivity index (χ4n) is 1.57. The molecule has 98 valence electrons. The first-order valence-corrected chi connectivity index (χ1v) is 6.94. The third kappa shape index (κ3) is 4.33. The Labute approximate surface area is 108 Å². The number of ether oxygens (including phenoxy) is 1. The average Bonchev–Trinajstić information content (AvgIpc) is 2.73. The lowest BCUT2D eigenvalue weighted by Crippen LogP contribution is -2.25. The highest BCUT2D eigenvalue weighted by molar-refractivity contribution is 7.11. The van der Waals surface area contributed by atoms with Crippen molar-refractivity contribution in [2.45, 2.75) is 52.2 Å². The predicted octanol–water partition coefficient (Wildman–Crippen LogP) is 2.57. The molecule has 0 aliphatic carbocycles. The van der Waals surface area contributed by atoms with Crippen LogP contribution in [0.15, 0.2) is 0 Å². The molecule has 0 saturated carbocycles. The van der Waals surface area contributed by atoms with Crippen LogP contribution in [-0.4, -0.2) is 29.5 Å². The van der Waals surface area contributed by atoms with Crippen LogP contribution in [-0.2, 0) is 11.2 Å². The maximum absolute atomic E-state index is 5.41. The van der Waals surface area contributed by atoms with Crippen LogP contribution in [0.5, 0.6) is 0 Å². The Morgan fingerprint density at radius 1 is 1.35 bits per heavy atom. The first-order valence-electron chi connectivity index (χ1n) is 6.13. The van der Waals surface area contributed by atoms with Gasteiger partial charge in [-0.15, -0.1) is 10.2 Å². The van der Waals surface area contributed by atoms with Crippen LogP contribution in [0.1, 0.15) is 50.2 Å². The molecular formula is C12H23N3OS. The quantitative estimate of drug-likeness (QED) is 0.815. The number of hydrogen-bond donors (Lipinski definition) is 1. The van der Waals surface area contributed by atoms with E-state index in [4.69, 9.17) is 4.74 Å². The average molecular weight is 257 g/mol. The molecule has 0 saturated heterocycles. The molecule has 0 bridgehead atoms. The molecule has 0 aromatic carbocycles. The summed E-state index contributed by atoms with van der Waals surface area (Å²) < 4.78 is 5.41. The Morgan fingerprint density at radius 3 is 2.59 bits per heavy atom. The van der Waals surface area contributed by atoms with Gasteiger partial charge < -0.3 is 10.1 Å². The van der Waals surface area contributed by atoms with E-state index in [-0.39, 0.29) is 5.60 Å². The largest absolute Gasteiger partial charge is 0.378 e. The minimum absolute atomic E-state index is 0.170. The van der Waals surface area contributed by atoms with E-state index in [1.54, 1.807) is 18.4 Å². The number of nitrogens with zero attached hydrogens (tertiary/aromatic N) is 2. The molecule has 4 nitrogen and oxygen atoms in total. The Morgan fingerprint density at radius 2 is 2.06 bits per heavy atom. The van der Waals surface area contributed by atoms with Crippen molar-refractivity contribution in [1.29, 1.82) is 0 Å². The van der Waals surface area contributed by atoms with Crippen molar-refractivity contribution in [1.82, 2.24) is 15.5 Å². The molecule has 1 rings (SSSR count). The smallest absolute Gasteiger partial charge is 0.134 e. The normalized spacial score (nSPS) is 13.9. The van der Waals surface area contributed by atoms with E-state index >= 15 is 0 Å². The van der Waals surface area contributed by atoms with E-state index in [2.05, 4.69) is 43.2 Å². The van der Waals surface area contributed by atoms with Gasteiger partial charge in [-0.3, -0.25) is 0 Å². The van der Waals surface area contributed by atoms with Crippen molar-refractivity contribution in [3.8, 4) is 0 Å². The van der Waals surface area contributed by atoms with Crippen LogP contribution in [0, 0.1) is 0 Å². The molecule has 1 N–H and O–H groups in total. The highest BCUT2D eigenvalue weighted by Gasteiger charge is 2.21. The SMILES string of the molecule is CCNC(CC)c1nnc(CC(C)(C)OC)s1. The van der Waals surface area contributed by atoms with Crippen molar-refractivity contribution < 1.29 is 4.74 Å². The number of nitrogens with one attached hydrogen (secondary N) is 1. The van der Waals surface area contributed by atoms with Gasteiger partial charge in [0.2, 0.25) is 0 Å². The molecule has 0 spiro atoms. The van der Waals surface area contributed by atoms with E-state index < -0.39 is 0 Å². The summed E-state index contributed by atoms with van der Waals surface area (Å²) in [6.07, 6.45) is 1.85. The zero-order valence-corrected chi connectivity index (χ0v) is 12.2. The zero-order valence-electron chi connectivity index (χ0n) is 11.4. The number of hydrogen-bond acceptors (Lipinski definition) is 5. The minimum atomic E-state index is -0.170. The van der Waals surface area contributed by atoms with E-state index in [9.17, 15) is 0 Å². The lowest BCUT2D eigenvalue weighted by molar-refractivity contribution is 0.0230. The van der Waals surface area contributed by atoms with E-state index in [0.717, 1.165) is 29.4 Å². The second-order valence-corrected chi connectivity index (χ2v) is 5.79. The molecule has 1 aromatic rings. The van der Waals surface area contributed by atoms with E-state index in [0.29, 0.717) is 6.04 Å². The van der Waals surface area contributed by atoms with E-state index in [1.165, 1.54) is 0 Å². The Balaban J connectivity index is 2.70. The third-order valence-electron chi connectivity index (χ3n) is 2.77. The summed E-state index contributed by atoms with van der Waals surface area (Å²) in [6.45, 7) is 9.36. The highest BCUT2D eigenvalue weighted by Crippen LogP contribution is 2.24. The Hall–Kier alpha value is -0.520. The first kappa shape index (κ1) is 14.5. The van der Waals surface area contributed by atoms with Crippen LogP contribution >= 0.6 is 11.3 Å². The lowest BCUT2D eigenvalue weighted by Gasteiger charge is -2.20. The van der Waals surface area contributed by atoms with Gasteiger partial charge in [-0.2, -0.15) is 0 Å². The second-order valence-electron chi connectivity index (χ2n) is 4.69. The molecule has 0 aliphatic heterocycles. The van der Waals surface area contributed by atoms with Crippen molar-refractivity contribution in [2.24, 2.45) is 0 Å². The van der Waals surface area contributed by atoms with Crippen molar-refractivity contribution in [3.63, 3.8) is 0 Å². The maximum atomic E-state index is 5.41. The molecule has 1 unspecified atom stereocenters. The number of aromatic nitrogens is 2. The van der Waals surface area contributed by atoms with Gasteiger partial charge in [0, 0.05) is 13.5 Å². The fraction of sp³-hybridized carbons (Fsp3) is 0.833. The third-order valence-corrected chi connectivity index (χ3v) is 3.81.